The van der Waals surface area contributed by atoms with Gasteiger partial charge in [0.2, 0.25) is 0 Å². The molecular weight excluding hydrogens is 319 g/mol. The highest BCUT2D eigenvalue weighted by molar-refractivity contribution is 6.13. The van der Waals surface area contributed by atoms with Crippen LogP contribution in [-0.4, -0.2) is 55.1 Å². The Labute approximate surface area is 139 Å². The monoisotopic (exact) mass is 338 g/mol. The molecule has 1 aliphatic heterocycles. The molecule has 1 saturated heterocycles. The molecule has 2 rings (SSSR count). The first kappa shape index (κ1) is 17.7. The fourth-order valence-corrected chi connectivity index (χ4v) is 2.30. The molecular formula is C16H19FN2O5. The van der Waals surface area contributed by atoms with E-state index in [2.05, 4.69) is 9.99 Å². The summed E-state index contributed by atoms with van der Waals surface area (Å²) < 4.78 is 24.9. The van der Waals surface area contributed by atoms with E-state index in [0.29, 0.717) is 0 Å². The summed E-state index contributed by atoms with van der Waals surface area (Å²) in [5, 5.41) is 3.52. The zero-order chi connectivity index (χ0) is 17.6. The third-order valence-electron chi connectivity index (χ3n) is 3.47. The van der Waals surface area contributed by atoms with Crippen molar-refractivity contribution in [1.29, 1.82) is 0 Å². The number of ether oxygens (including phenoxy) is 2. The fraction of sp³-hybridized carbons (Fsp3) is 0.438. The van der Waals surface area contributed by atoms with E-state index >= 15 is 0 Å². The molecule has 24 heavy (non-hydrogen) atoms. The van der Waals surface area contributed by atoms with E-state index in [0.717, 1.165) is 10.5 Å². The number of carbonyl (C=O) groups is 2. The van der Waals surface area contributed by atoms with Gasteiger partial charge in [0.15, 0.2) is 0 Å². The maximum Gasteiger partial charge on any atom is 0.410 e. The van der Waals surface area contributed by atoms with Crippen molar-refractivity contribution in [3.05, 3.63) is 35.9 Å². The lowest BCUT2D eigenvalue weighted by atomic mass is 10.0. The third kappa shape index (κ3) is 3.81. The van der Waals surface area contributed by atoms with Crippen molar-refractivity contribution < 1.29 is 28.3 Å². The molecule has 0 radical (unpaired) electrons. The number of benzene rings is 1. The minimum Gasteiger partial charge on any atom is -0.463 e. The van der Waals surface area contributed by atoms with Gasteiger partial charge in [-0.2, -0.15) is 0 Å². The maximum absolute atomic E-state index is 15.0. The van der Waals surface area contributed by atoms with Crippen LogP contribution in [0.1, 0.15) is 12.5 Å². The van der Waals surface area contributed by atoms with Gasteiger partial charge in [-0.15, -0.1) is 0 Å². The SMILES string of the molecule is CCOC(=O)C1(F)CN(C(=O)OCc2ccccc2)CC1=NOC. The number of carbonyl (C=O) groups excluding carboxylic acids is 2. The first-order chi connectivity index (χ1) is 11.5. The van der Waals surface area contributed by atoms with E-state index in [1.807, 2.05) is 18.2 Å². The molecule has 8 heteroatoms. The minimum absolute atomic E-state index is 0.0171. The van der Waals surface area contributed by atoms with E-state index in [9.17, 15) is 14.0 Å². The van der Waals surface area contributed by atoms with Crippen molar-refractivity contribution in [3.8, 4) is 0 Å². The maximum atomic E-state index is 15.0. The Balaban J connectivity index is 2.05. The highest BCUT2D eigenvalue weighted by Crippen LogP contribution is 2.26. The fourth-order valence-electron chi connectivity index (χ4n) is 2.30. The van der Waals surface area contributed by atoms with Crippen LogP contribution in [0.25, 0.3) is 0 Å². The van der Waals surface area contributed by atoms with E-state index in [4.69, 9.17) is 9.47 Å². The number of esters is 1. The number of hydrogen-bond acceptors (Lipinski definition) is 6. The largest absolute Gasteiger partial charge is 0.463 e. The summed E-state index contributed by atoms with van der Waals surface area (Å²) in [6, 6.07) is 9.07. The predicted octanol–water partition coefficient (Wildman–Crippen LogP) is 1.91. The van der Waals surface area contributed by atoms with Crippen LogP contribution < -0.4 is 0 Å². The van der Waals surface area contributed by atoms with Crippen LogP contribution in [0, 0.1) is 0 Å². The smallest absolute Gasteiger partial charge is 0.410 e. The molecule has 0 N–H and O–H groups in total. The van der Waals surface area contributed by atoms with E-state index < -0.39 is 24.3 Å². The molecule has 0 aliphatic carbocycles. The molecule has 1 unspecified atom stereocenters. The Morgan fingerprint density at radius 3 is 2.62 bits per heavy atom. The van der Waals surface area contributed by atoms with Crippen molar-refractivity contribution in [3.63, 3.8) is 0 Å². The first-order valence-corrected chi connectivity index (χ1v) is 7.43. The molecule has 1 aromatic carbocycles. The highest BCUT2D eigenvalue weighted by atomic mass is 19.1. The number of oxime groups is 1. The lowest BCUT2D eigenvalue weighted by Gasteiger charge is -2.18. The van der Waals surface area contributed by atoms with E-state index in [-0.39, 0.29) is 25.5 Å². The number of rotatable bonds is 5. The van der Waals surface area contributed by atoms with Gasteiger partial charge in [-0.1, -0.05) is 35.5 Å². The zero-order valence-corrected chi connectivity index (χ0v) is 13.5. The first-order valence-electron chi connectivity index (χ1n) is 7.43. The van der Waals surface area contributed by atoms with Gasteiger partial charge in [0.25, 0.3) is 5.67 Å². The summed E-state index contributed by atoms with van der Waals surface area (Å²) in [5.41, 5.74) is -1.95. The Morgan fingerprint density at radius 2 is 2.00 bits per heavy atom. The molecule has 1 atom stereocenters. The third-order valence-corrected chi connectivity index (χ3v) is 3.47. The molecule has 7 nitrogen and oxygen atoms in total. The Kier molecular flexibility index (Phi) is 5.73. The van der Waals surface area contributed by atoms with Crippen molar-refractivity contribution in [2.45, 2.75) is 19.2 Å². The second kappa shape index (κ2) is 7.76. The van der Waals surface area contributed by atoms with Crippen LogP contribution in [0.4, 0.5) is 9.18 Å². The number of likely N-dealkylation sites (tertiary alicyclic amines) is 1. The predicted molar refractivity (Wildman–Crippen MR) is 83.1 cm³/mol. The van der Waals surface area contributed by atoms with Crippen LogP contribution in [0.5, 0.6) is 0 Å². The second-order valence-electron chi connectivity index (χ2n) is 5.14. The molecule has 1 amide bonds. The number of amides is 1. The average Bonchev–Trinajstić information content (AvgIpc) is 2.93. The number of hydrogen-bond donors (Lipinski definition) is 0. The standard InChI is InChI=1S/C16H19FN2O5/c1-3-23-14(20)16(17)11-19(9-13(16)18-22-2)15(21)24-10-12-7-5-4-6-8-12/h4-8H,3,9-11H2,1-2H3. The van der Waals surface area contributed by atoms with Crippen molar-refractivity contribution in [2.24, 2.45) is 5.16 Å². The Morgan fingerprint density at radius 1 is 1.29 bits per heavy atom. The molecule has 130 valence electrons. The summed E-state index contributed by atoms with van der Waals surface area (Å²) in [7, 11) is 1.23. The molecule has 0 bridgehead atoms. The number of alkyl halides is 1. The lowest BCUT2D eigenvalue weighted by molar-refractivity contribution is -0.152. The van der Waals surface area contributed by atoms with Crippen LogP contribution in [0.2, 0.25) is 0 Å². The minimum atomic E-state index is -2.53. The summed E-state index contributed by atoms with van der Waals surface area (Å²) in [6.07, 6.45) is -0.744. The molecule has 1 aliphatic rings. The van der Waals surface area contributed by atoms with Gasteiger partial charge >= 0.3 is 12.1 Å². The molecule has 1 heterocycles. The number of nitrogens with zero attached hydrogens (tertiary/aromatic N) is 2. The molecule has 1 aromatic rings. The van der Waals surface area contributed by atoms with Crippen molar-refractivity contribution in [1.82, 2.24) is 4.90 Å². The topological polar surface area (TPSA) is 77.4 Å². The quantitative estimate of drug-likeness (QED) is 0.605. The van der Waals surface area contributed by atoms with Crippen LogP contribution in [-0.2, 0) is 25.7 Å². The summed E-state index contributed by atoms with van der Waals surface area (Å²) in [6.45, 7) is 0.891. The molecule has 0 aromatic heterocycles. The second-order valence-corrected chi connectivity index (χ2v) is 5.14. The molecule has 1 fully saturated rings. The summed E-state index contributed by atoms with van der Waals surface area (Å²) in [5.74, 6) is -1.10. The highest BCUT2D eigenvalue weighted by Gasteiger charge is 2.54. The van der Waals surface area contributed by atoms with Crippen molar-refractivity contribution >= 4 is 17.8 Å². The van der Waals surface area contributed by atoms with Gasteiger partial charge in [0.05, 0.1) is 19.7 Å². The lowest BCUT2D eigenvalue weighted by Crippen LogP contribution is -2.44. The van der Waals surface area contributed by atoms with E-state index in [1.54, 1.807) is 19.1 Å². The van der Waals surface area contributed by atoms with Gasteiger partial charge in [-0.25, -0.2) is 14.0 Å². The number of halogens is 1. The average molecular weight is 338 g/mol. The molecule has 0 spiro atoms. The van der Waals surface area contributed by atoms with Gasteiger partial charge in [0, 0.05) is 0 Å². The van der Waals surface area contributed by atoms with Gasteiger partial charge < -0.3 is 14.3 Å². The Hall–Kier alpha value is -2.64. The summed E-state index contributed by atoms with van der Waals surface area (Å²) in [4.78, 5) is 29.6. The van der Waals surface area contributed by atoms with Crippen LogP contribution in [0.15, 0.2) is 35.5 Å². The normalized spacial score (nSPS) is 21.6. The van der Waals surface area contributed by atoms with Gasteiger partial charge in [0.1, 0.15) is 19.4 Å². The van der Waals surface area contributed by atoms with Gasteiger partial charge in [-0.3, -0.25) is 4.90 Å². The Bertz CT molecular complexity index is 622. The summed E-state index contributed by atoms with van der Waals surface area (Å²) >= 11 is 0. The van der Waals surface area contributed by atoms with Crippen LogP contribution >= 0.6 is 0 Å². The van der Waals surface area contributed by atoms with Crippen molar-refractivity contribution in [2.75, 3.05) is 26.8 Å². The zero-order valence-electron chi connectivity index (χ0n) is 13.5. The van der Waals surface area contributed by atoms with E-state index in [1.165, 1.54) is 7.11 Å². The molecule has 0 saturated carbocycles. The van der Waals surface area contributed by atoms with Gasteiger partial charge in [-0.05, 0) is 12.5 Å². The van der Waals surface area contributed by atoms with Crippen LogP contribution in [0.3, 0.4) is 0 Å².